The zero-order valence-corrected chi connectivity index (χ0v) is 14.5. The number of hydrogen-bond donors (Lipinski definition) is 2. The standard InChI is InChI=1S/C20H20N2O4/c1-13(18(23)22-20(25)21-17-8-3-2-4-9-17)26-19(24)16-11-10-14-6-5-7-15(14)12-16/h2-4,8-13H,5-7H2,1H3,(H2,21,22,23,25). The number of para-hydroxylation sites is 1. The topological polar surface area (TPSA) is 84.5 Å². The van der Waals surface area contributed by atoms with Gasteiger partial charge in [-0.05, 0) is 61.6 Å². The van der Waals surface area contributed by atoms with E-state index in [2.05, 4.69) is 10.6 Å². The van der Waals surface area contributed by atoms with E-state index in [1.807, 2.05) is 18.2 Å². The zero-order valence-electron chi connectivity index (χ0n) is 14.5. The number of nitrogens with one attached hydrogen (secondary N) is 2. The number of aryl methyl sites for hydroxylation is 2. The normalized spacial score (nSPS) is 13.4. The molecule has 0 saturated carbocycles. The second-order valence-corrected chi connectivity index (χ2v) is 6.19. The van der Waals surface area contributed by atoms with Gasteiger partial charge in [0.05, 0.1) is 5.56 Å². The SMILES string of the molecule is CC(OC(=O)c1ccc2c(c1)CCC2)C(=O)NC(=O)Nc1ccccc1. The number of hydrogen-bond acceptors (Lipinski definition) is 4. The fourth-order valence-electron chi connectivity index (χ4n) is 2.88. The maximum Gasteiger partial charge on any atom is 0.338 e. The lowest BCUT2D eigenvalue weighted by Gasteiger charge is -2.14. The molecule has 134 valence electrons. The number of imide groups is 1. The van der Waals surface area contributed by atoms with Crippen molar-refractivity contribution in [1.29, 1.82) is 0 Å². The molecule has 0 aliphatic heterocycles. The second kappa shape index (κ2) is 7.82. The third kappa shape index (κ3) is 4.27. The van der Waals surface area contributed by atoms with Gasteiger partial charge in [0.1, 0.15) is 0 Å². The van der Waals surface area contributed by atoms with Crippen molar-refractivity contribution in [2.45, 2.75) is 32.3 Å². The number of rotatable bonds is 4. The van der Waals surface area contributed by atoms with Crippen molar-refractivity contribution in [2.24, 2.45) is 0 Å². The quantitative estimate of drug-likeness (QED) is 0.828. The summed E-state index contributed by atoms with van der Waals surface area (Å²) in [7, 11) is 0. The minimum absolute atomic E-state index is 0.416. The predicted octanol–water partition coefficient (Wildman–Crippen LogP) is 3.07. The molecule has 0 bridgehead atoms. The molecule has 0 radical (unpaired) electrons. The van der Waals surface area contributed by atoms with Gasteiger partial charge in [-0.1, -0.05) is 24.3 Å². The first-order valence-corrected chi connectivity index (χ1v) is 8.52. The Kier molecular flexibility index (Phi) is 5.31. The number of fused-ring (bicyclic) bond motifs is 1. The molecule has 2 N–H and O–H groups in total. The lowest BCUT2D eigenvalue weighted by molar-refractivity contribution is -0.127. The molecule has 0 spiro atoms. The van der Waals surface area contributed by atoms with E-state index in [-0.39, 0.29) is 0 Å². The number of ether oxygens (including phenoxy) is 1. The number of esters is 1. The van der Waals surface area contributed by atoms with E-state index in [0.717, 1.165) is 24.8 Å². The van der Waals surface area contributed by atoms with Gasteiger partial charge in [-0.2, -0.15) is 0 Å². The fraction of sp³-hybridized carbons (Fsp3) is 0.250. The average molecular weight is 352 g/mol. The Morgan fingerprint density at radius 2 is 1.73 bits per heavy atom. The lowest BCUT2D eigenvalue weighted by atomic mass is 10.1. The molecule has 1 aliphatic carbocycles. The van der Waals surface area contributed by atoms with Crippen molar-refractivity contribution in [3.05, 3.63) is 65.2 Å². The van der Waals surface area contributed by atoms with Crippen LogP contribution in [0.25, 0.3) is 0 Å². The van der Waals surface area contributed by atoms with E-state index in [0.29, 0.717) is 11.3 Å². The number of benzene rings is 2. The minimum Gasteiger partial charge on any atom is -0.449 e. The van der Waals surface area contributed by atoms with Crippen LogP contribution in [0.5, 0.6) is 0 Å². The highest BCUT2D eigenvalue weighted by Gasteiger charge is 2.22. The highest BCUT2D eigenvalue weighted by molar-refractivity contribution is 6.03. The zero-order chi connectivity index (χ0) is 18.5. The number of anilines is 1. The van der Waals surface area contributed by atoms with Gasteiger partial charge < -0.3 is 10.1 Å². The molecular weight excluding hydrogens is 332 g/mol. The first kappa shape index (κ1) is 17.7. The monoisotopic (exact) mass is 352 g/mol. The summed E-state index contributed by atoms with van der Waals surface area (Å²) in [4.78, 5) is 36.1. The van der Waals surface area contributed by atoms with Crippen LogP contribution in [0.2, 0.25) is 0 Å². The van der Waals surface area contributed by atoms with Crippen molar-refractivity contribution in [1.82, 2.24) is 5.32 Å². The highest BCUT2D eigenvalue weighted by Crippen LogP contribution is 2.23. The van der Waals surface area contributed by atoms with E-state index in [4.69, 9.17) is 4.74 Å². The molecule has 2 aromatic carbocycles. The minimum atomic E-state index is -1.09. The number of carbonyl (C=O) groups excluding carboxylic acids is 3. The summed E-state index contributed by atoms with van der Waals surface area (Å²) in [5.41, 5.74) is 3.38. The van der Waals surface area contributed by atoms with Crippen molar-refractivity contribution in [3.8, 4) is 0 Å². The smallest absolute Gasteiger partial charge is 0.338 e. The molecule has 1 aliphatic rings. The first-order chi connectivity index (χ1) is 12.5. The van der Waals surface area contributed by atoms with Gasteiger partial charge in [-0.3, -0.25) is 10.1 Å². The fourth-order valence-corrected chi connectivity index (χ4v) is 2.88. The van der Waals surface area contributed by atoms with Crippen molar-refractivity contribution in [2.75, 3.05) is 5.32 Å². The summed E-state index contributed by atoms with van der Waals surface area (Å²) in [5, 5.41) is 4.69. The second-order valence-electron chi connectivity index (χ2n) is 6.19. The summed E-state index contributed by atoms with van der Waals surface area (Å²) < 4.78 is 5.18. The molecule has 3 amide bonds. The molecular formula is C20H20N2O4. The van der Waals surface area contributed by atoms with Crippen LogP contribution in [0.1, 0.15) is 34.8 Å². The van der Waals surface area contributed by atoms with Crippen LogP contribution < -0.4 is 10.6 Å². The lowest BCUT2D eigenvalue weighted by Crippen LogP contribution is -2.41. The number of amides is 3. The van der Waals surface area contributed by atoms with Crippen molar-refractivity contribution in [3.63, 3.8) is 0 Å². The van der Waals surface area contributed by atoms with E-state index >= 15 is 0 Å². The molecule has 1 unspecified atom stereocenters. The van der Waals surface area contributed by atoms with Gasteiger partial charge in [-0.15, -0.1) is 0 Å². The largest absolute Gasteiger partial charge is 0.449 e. The predicted molar refractivity (Wildman–Crippen MR) is 96.9 cm³/mol. The Bertz CT molecular complexity index is 833. The number of urea groups is 1. The van der Waals surface area contributed by atoms with Crippen molar-refractivity contribution < 1.29 is 19.1 Å². The Hall–Kier alpha value is -3.15. The van der Waals surface area contributed by atoms with Crippen LogP contribution in [0.4, 0.5) is 10.5 Å². The summed E-state index contributed by atoms with van der Waals surface area (Å²) in [6, 6.07) is 13.5. The third-order valence-corrected chi connectivity index (χ3v) is 4.26. The third-order valence-electron chi connectivity index (χ3n) is 4.26. The van der Waals surface area contributed by atoms with Gasteiger partial charge >= 0.3 is 12.0 Å². The Morgan fingerprint density at radius 1 is 1.00 bits per heavy atom. The highest BCUT2D eigenvalue weighted by atomic mass is 16.5. The first-order valence-electron chi connectivity index (χ1n) is 8.52. The van der Waals surface area contributed by atoms with Crippen LogP contribution in [0.15, 0.2) is 48.5 Å². The molecule has 0 saturated heterocycles. The van der Waals surface area contributed by atoms with Gasteiger partial charge in [0.25, 0.3) is 5.91 Å². The maximum absolute atomic E-state index is 12.2. The van der Waals surface area contributed by atoms with E-state index < -0.39 is 24.0 Å². The molecule has 0 heterocycles. The van der Waals surface area contributed by atoms with Crippen LogP contribution in [-0.2, 0) is 22.4 Å². The average Bonchev–Trinajstić information content (AvgIpc) is 3.10. The molecule has 3 rings (SSSR count). The Labute approximate surface area is 151 Å². The molecule has 0 aromatic heterocycles. The molecule has 6 nitrogen and oxygen atoms in total. The summed E-state index contributed by atoms with van der Waals surface area (Å²) in [6.07, 6.45) is 1.98. The van der Waals surface area contributed by atoms with Gasteiger partial charge in [0.2, 0.25) is 0 Å². The van der Waals surface area contributed by atoms with Crippen LogP contribution in [-0.4, -0.2) is 24.0 Å². The molecule has 1 atom stereocenters. The van der Waals surface area contributed by atoms with Gasteiger partial charge in [0.15, 0.2) is 6.10 Å². The Morgan fingerprint density at radius 3 is 2.50 bits per heavy atom. The van der Waals surface area contributed by atoms with Gasteiger partial charge in [0, 0.05) is 5.69 Å². The molecule has 6 heteroatoms. The molecule has 2 aromatic rings. The van der Waals surface area contributed by atoms with Crippen LogP contribution in [0, 0.1) is 0 Å². The van der Waals surface area contributed by atoms with Crippen molar-refractivity contribution >= 4 is 23.6 Å². The van der Waals surface area contributed by atoms with Gasteiger partial charge in [-0.25, -0.2) is 9.59 Å². The molecule has 26 heavy (non-hydrogen) atoms. The van der Waals surface area contributed by atoms with E-state index in [1.54, 1.807) is 30.3 Å². The van der Waals surface area contributed by atoms with E-state index in [9.17, 15) is 14.4 Å². The Balaban J connectivity index is 1.53. The molecule has 0 fully saturated rings. The summed E-state index contributed by atoms with van der Waals surface area (Å²) in [5.74, 6) is -1.27. The van der Waals surface area contributed by atoms with Crippen LogP contribution >= 0.6 is 0 Å². The maximum atomic E-state index is 12.2. The van der Waals surface area contributed by atoms with Crippen LogP contribution in [0.3, 0.4) is 0 Å². The summed E-state index contributed by atoms with van der Waals surface area (Å²) >= 11 is 0. The summed E-state index contributed by atoms with van der Waals surface area (Å²) in [6.45, 7) is 1.43. The van der Waals surface area contributed by atoms with E-state index in [1.165, 1.54) is 12.5 Å². The number of carbonyl (C=O) groups is 3.